The lowest BCUT2D eigenvalue weighted by molar-refractivity contribution is 0.446. The first-order chi connectivity index (χ1) is 47.8. The molecule has 3 heterocycles. The number of anilines is 6. The molecule has 0 N–H and O–H groups in total. The molecule has 12 aromatic carbocycles. The molecule has 0 saturated heterocycles. The first-order valence-electron chi connectivity index (χ1n) is 36.8. The molecule has 0 radical (unpaired) electrons. The van der Waals surface area contributed by atoms with Gasteiger partial charge in [0.1, 0.15) is 33.5 Å². The van der Waals surface area contributed by atoms with Crippen molar-refractivity contribution in [2.24, 2.45) is 0 Å². The van der Waals surface area contributed by atoms with Gasteiger partial charge in [0.2, 0.25) is 0 Å². The van der Waals surface area contributed by atoms with Crippen molar-refractivity contribution in [1.29, 1.82) is 0 Å². The van der Waals surface area contributed by atoms with Gasteiger partial charge in [-0.1, -0.05) is 217 Å². The van der Waals surface area contributed by atoms with E-state index in [1.54, 1.807) is 0 Å². The van der Waals surface area contributed by atoms with Crippen LogP contribution in [0.15, 0.2) is 220 Å². The van der Waals surface area contributed by atoms with Crippen LogP contribution in [0.4, 0.5) is 34.1 Å². The van der Waals surface area contributed by atoms with Crippen LogP contribution >= 0.6 is 0 Å². The maximum atomic E-state index is 7.47. The summed E-state index contributed by atoms with van der Waals surface area (Å²) in [5.74, 6) is 0.701. The van der Waals surface area contributed by atoms with Crippen LogP contribution in [0.3, 0.4) is 0 Å². The van der Waals surface area contributed by atoms with Crippen LogP contribution in [0.5, 0.6) is 0 Å². The average molecular weight is 1290 g/mol. The molecule has 0 amide bonds. The molecular weight excluding hydrogens is 1210 g/mol. The highest BCUT2D eigenvalue weighted by atomic mass is 16.3. The maximum Gasteiger partial charge on any atom is 0.139 e. The Bertz CT molecular complexity index is 5520. The second-order valence-electron chi connectivity index (χ2n) is 32.8. The third kappa shape index (κ3) is 9.24. The van der Waals surface area contributed by atoms with Crippen molar-refractivity contribution in [2.45, 2.75) is 167 Å². The van der Waals surface area contributed by atoms with Crippen molar-refractivity contribution in [3.63, 3.8) is 0 Å². The van der Waals surface area contributed by atoms with E-state index < -0.39 is 0 Å². The van der Waals surface area contributed by atoms with Crippen LogP contribution < -0.4 is 9.80 Å². The van der Waals surface area contributed by atoms with E-state index in [9.17, 15) is 0 Å². The summed E-state index contributed by atoms with van der Waals surface area (Å²) in [5.41, 5.74) is 28.0. The highest BCUT2D eigenvalue weighted by molar-refractivity contribution is 6.16. The van der Waals surface area contributed by atoms with E-state index in [4.69, 9.17) is 13.3 Å². The SMILES string of the molecule is CC(C)(C)c1cccc2c1oc1cc(N(c3ccc4c(c3)C(C)(C)c3ccccc3-4)c3ccc4cc5c(cc4c3C3CCCCC3)oc3cc4c(C6CCCCC6)c(N(c6ccc7c(c6)C(C)(C)c6ccccc6-7)c6ccc7c(c6)oc6c(C(C)(C)C)cccc67)ccc4cc35)ccc12. The summed E-state index contributed by atoms with van der Waals surface area (Å²) in [5, 5.41) is 11.9. The highest BCUT2D eigenvalue weighted by Crippen LogP contribution is 2.57. The average Bonchev–Trinajstić information content (AvgIpc) is 0.922. The van der Waals surface area contributed by atoms with E-state index in [-0.39, 0.29) is 21.7 Å². The van der Waals surface area contributed by atoms with Gasteiger partial charge in [-0.25, -0.2) is 0 Å². The molecule has 5 heteroatoms. The smallest absolute Gasteiger partial charge is 0.139 e. The Balaban J connectivity index is 0.812. The monoisotopic (exact) mass is 1290 g/mol. The molecule has 0 spiro atoms. The van der Waals surface area contributed by atoms with Gasteiger partial charge >= 0.3 is 0 Å². The van der Waals surface area contributed by atoms with Crippen molar-refractivity contribution in [1.82, 2.24) is 0 Å². The van der Waals surface area contributed by atoms with Gasteiger partial charge < -0.3 is 23.1 Å². The van der Waals surface area contributed by atoms with E-state index >= 15 is 0 Å². The topological polar surface area (TPSA) is 45.9 Å². The first kappa shape index (κ1) is 60.3. The molecular formula is C94H86N2O3. The molecule has 5 nitrogen and oxygen atoms in total. The van der Waals surface area contributed by atoms with Gasteiger partial charge in [-0.05, 0) is 210 Å². The second kappa shape index (κ2) is 21.8. The Morgan fingerprint density at radius 3 is 1.12 bits per heavy atom. The Hall–Kier alpha value is -9.84. The van der Waals surface area contributed by atoms with E-state index in [1.165, 1.54) is 138 Å². The van der Waals surface area contributed by atoms with Crippen LogP contribution in [0.1, 0.15) is 190 Å². The third-order valence-corrected chi connectivity index (χ3v) is 24.0. The van der Waals surface area contributed by atoms with Gasteiger partial charge in [0, 0.05) is 89.2 Å². The molecule has 0 aliphatic heterocycles. The summed E-state index contributed by atoms with van der Waals surface area (Å²) < 4.78 is 21.6. The number of fused-ring (bicyclic) bond motifs is 17. The molecule has 490 valence electrons. The highest BCUT2D eigenvalue weighted by Gasteiger charge is 2.39. The predicted octanol–water partition coefficient (Wildman–Crippen LogP) is 27.9. The summed E-state index contributed by atoms with van der Waals surface area (Å²) in [6.07, 6.45) is 11.9. The largest absolute Gasteiger partial charge is 0.456 e. The molecule has 4 aliphatic rings. The van der Waals surface area contributed by atoms with Crippen LogP contribution in [0, 0.1) is 0 Å². The summed E-state index contributed by atoms with van der Waals surface area (Å²) >= 11 is 0. The van der Waals surface area contributed by atoms with Crippen molar-refractivity contribution in [3.8, 4) is 22.3 Å². The third-order valence-electron chi connectivity index (χ3n) is 24.0. The molecule has 0 atom stereocenters. The van der Waals surface area contributed by atoms with Crippen LogP contribution in [-0.4, -0.2) is 0 Å². The summed E-state index contributed by atoms with van der Waals surface area (Å²) in [6, 6.07) is 79.2. The molecule has 3 aromatic heterocycles. The Morgan fingerprint density at radius 2 is 0.697 bits per heavy atom. The zero-order valence-electron chi connectivity index (χ0n) is 59.0. The Labute approximate surface area is 581 Å². The summed E-state index contributed by atoms with van der Waals surface area (Å²) in [4.78, 5) is 5.15. The lowest BCUT2D eigenvalue weighted by atomic mass is 9.80. The zero-order chi connectivity index (χ0) is 67.2. The molecule has 0 bridgehead atoms. The minimum absolute atomic E-state index is 0.0828. The number of furan rings is 3. The fourth-order valence-corrected chi connectivity index (χ4v) is 19.0. The summed E-state index contributed by atoms with van der Waals surface area (Å²) in [7, 11) is 0. The number of para-hydroxylation sites is 2. The standard InChI is InChI=1S/C94H86N2O3/c1-91(2,3)77-33-21-29-69-67-43-39-61(51-83(67)98-89(69)77)95(59-37-41-65-63-27-17-19-31-75(63)93(7,8)79(65)49-59)81-45-35-57-47-73-74-48-58-36-46-82(88(56-25-15-12-16-26-56)72(58)54-86(74)97-85(73)53-71(57)87(81)55-23-13-11-14-24-55)96(60-38-42-66-64-28-18-20-32-76(64)94(9,10)80(66)50-60)62-40-44-68-70-30-22-34-78(92(4,5)6)90(70)99-84(68)52-62/h17-22,27-56H,11-16,23-26H2,1-10H3. The van der Waals surface area contributed by atoms with Crippen molar-refractivity contribution in [3.05, 3.63) is 251 Å². The van der Waals surface area contributed by atoms with E-state index in [1.807, 2.05) is 0 Å². The fourth-order valence-electron chi connectivity index (χ4n) is 19.0. The lowest BCUT2D eigenvalue weighted by Gasteiger charge is -2.33. The zero-order valence-corrected chi connectivity index (χ0v) is 59.0. The lowest BCUT2D eigenvalue weighted by Crippen LogP contribution is -2.18. The van der Waals surface area contributed by atoms with Crippen molar-refractivity contribution >= 4 is 121 Å². The molecule has 19 rings (SSSR count). The number of hydrogen-bond donors (Lipinski definition) is 0. The van der Waals surface area contributed by atoms with Crippen LogP contribution in [0.25, 0.3) is 110 Å². The quantitative estimate of drug-likeness (QED) is 0.152. The van der Waals surface area contributed by atoms with Crippen molar-refractivity contribution in [2.75, 3.05) is 9.80 Å². The molecule has 2 saturated carbocycles. The van der Waals surface area contributed by atoms with E-state index in [2.05, 4.69) is 285 Å². The number of benzene rings is 12. The van der Waals surface area contributed by atoms with Gasteiger partial charge in [0.25, 0.3) is 0 Å². The molecule has 2 fully saturated rings. The minimum Gasteiger partial charge on any atom is -0.456 e. The van der Waals surface area contributed by atoms with E-state index in [0.29, 0.717) is 11.8 Å². The summed E-state index contributed by atoms with van der Waals surface area (Å²) in [6.45, 7) is 23.3. The van der Waals surface area contributed by atoms with E-state index in [0.717, 1.165) is 114 Å². The number of hydrogen-bond acceptors (Lipinski definition) is 5. The Kier molecular flexibility index (Phi) is 13.3. The second-order valence-corrected chi connectivity index (χ2v) is 32.8. The van der Waals surface area contributed by atoms with Crippen LogP contribution in [0.2, 0.25) is 0 Å². The fraction of sp³-hybridized carbons (Fsp3) is 0.277. The van der Waals surface area contributed by atoms with Gasteiger partial charge in [0.15, 0.2) is 0 Å². The molecule has 99 heavy (non-hydrogen) atoms. The van der Waals surface area contributed by atoms with Gasteiger partial charge in [0.05, 0.1) is 11.4 Å². The first-order valence-corrected chi connectivity index (χ1v) is 36.8. The Morgan fingerprint density at radius 1 is 0.313 bits per heavy atom. The van der Waals surface area contributed by atoms with Crippen molar-refractivity contribution < 1.29 is 13.3 Å². The molecule has 0 unspecified atom stereocenters. The van der Waals surface area contributed by atoms with Gasteiger partial charge in [-0.3, -0.25) is 0 Å². The van der Waals surface area contributed by atoms with Gasteiger partial charge in [-0.2, -0.15) is 0 Å². The predicted molar refractivity (Wildman–Crippen MR) is 417 cm³/mol. The van der Waals surface area contributed by atoms with Crippen LogP contribution in [-0.2, 0) is 21.7 Å². The molecule has 15 aromatic rings. The van der Waals surface area contributed by atoms with Gasteiger partial charge in [-0.15, -0.1) is 0 Å². The normalized spacial score (nSPS) is 16.3. The minimum atomic E-state index is -0.180. The number of rotatable bonds is 8. The molecule has 4 aliphatic carbocycles. The maximum absolute atomic E-state index is 7.47. The number of nitrogens with zero attached hydrogens (tertiary/aromatic N) is 2.